The lowest BCUT2D eigenvalue weighted by Crippen LogP contribution is -2.63. The molecule has 0 spiro atoms. The molecule has 0 aliphatic carbocycles. The summed E-state index contributed by atoms with van der Waals surface area (Å²) in [5, 5.41) is 8.91. The molecule has 94 valence electrons. The highest BCUT2D eigenvalue weighted by Crippen LogP contribution is 2.30. The molecule has 1 heterocycles. The Morgan fingerprint density at radius 3 is 2.56 bits per heavy atom. The minimum absolute atomic E-state index is 0.166. The quantitative estimate of drug-likeness (QED) is 0.350. The van der Waals surface area contributed by atoms with Gasteiger partial charge in [0.2, 0.25) is 12.3 Å². The number of carbonyl (C=O) groups is 3. The number of β-lactam (4-membered cyclic amide) rings is 1. The predicted octanol–water partition coefficient (Wildman–Crippen LogP) is 0.235. The summed E-state index contributed by atoms with van der Waals surface area (Å²) in [5.74, 6) is -1.63. The van der Waals surface area contributed by atoms with Crippen LogP contribution >= 0.6 is 0 Å². The first-order valence-electron chi connectivity index (χ1n) is 5.68. The molecule has 5 nitrogen and oxygen atoms in total. The summed E-state index contributed by atoms with van der Waals surface area (Å²) in [6.45, 7) is -0.166. The Bertz CT molecular complexity index is 471. The van der Waals surface area contributed by atoms with E-state index in [1.165, 1.54) is 0 Å². The standard InChI is InChI=1S/C13H13NO4/c15-7-6-10-11(13(18)14(10)8-16)12(17)9-4-2-1-3-5-9/h1-5,8,10-11,15H,6-7H2/t10-,11+/m1/s1. The molecule has 0 radical (unpaired) electrons. The molecule has 0 saturated carbocycles. The number of nitrogens with zero attached hydrogens (tertiary/aromatic N) is 1. The van der Waals surface area contributed by atoms with Crippen molar-refractivity contribution in [2.24, 2.45) is 5.92 Å². The largest absolute Gasteiger partial charge is 0.396 e. The van der Waals surface area contributed by atoms with Crippen LogP contribution in [0.5, 0.6) is 0 Å². The summed E-state index contributed by atoms with van der Waals surface area (Å²) < 4.78 is 0. The molecule has 1 N–H and O–H groups in total. The summed E-state index contributed by atoms with van der Waals surface area (Å²) in [6, 6.07) is 7.96. The fraction of sp³-hybridized carbons (Fsp3) is 0.308. The third-order valence-electron chi connectivity index (χ3n) is 3.14. The van der Waals surface area contributed by atoms with E-state index in [0.29, 0.717) is 12.0 Å². The molecule has 0 bridgehead atoms. The zero-order chi connectivity index (χ0) is 13.1. The number of carbonyl (C=O) groups excluding carboxylic acids is 3. The van der Waals surface area contributed by atoms with Crippen LogP contribution in [0.15, 0.2) is 30.3 Å². The molecule has 1 aliphatic rings. The number of likely N-dealkylation sites (tertiary alicyclic amines) is 1. The van der Waals surface area contributed by atoms with Gasteiger partial charge in [0.1, 0.15) is 5.92 Å². The third-order valence-corrected chi connectivity index (χ3v) is 3.14. The zero-order valence-electron chi connectivity index (χ0n) is 9.65. The van der Waals surface area contributed by atoms with Gasteiger partial charge in [-0.2, -0.15) is 0 Å². The van der Waals surface area contributed by atoms with Crippen LogP contribution in [0, 0.1) is 5.92 Å². The van der Waals surface area contributed by atoms with Gasteiger partial charge in [-0.3, -0.25) is 19.3 Å². The number of imide groups is 1. The second-order valence-corrected chi connectivity index (χ2v) is 4.14. The van der Waals surface area contributed by atoms with E-state index in [9.17, 15) is 14.4 Å². The molecule has 2 rings (SSSR count). The lowest BCUT2D eigenvalue weighted by molar-refractivity contribution is -0.157. The summed E-state index contributed by atoms with van der Waals surface area (Å²) in [4.78, 5) is 35.5. The molecule has 2 amide bonds. The van der Waals surface area contributed by atoms with Crippen LogP contribution in [0.3, 0.4) is 0 Å². The molecule has 0 unspecified atom stereocenters. The number of hydrogen-bond acceptors (Lipinski definition) is 4. The van der Waals surface area contributed by atoms with Crippen LogP contribution in [0.4, 0.5) is 0 Å². The van der Waals surface area contributed by atoms with Gasteiger partial charge in [0.15, 0.2) is 5.78 Å². The number of aliphatic hydroxyl groups excluding tert-OH is 1. The Balaban J connectivity index is 2.20. The van der Waals surface area contributed by atoms with Gasteiger partial charge in [0.05, 0.1) is 6.04 Å². The molecule has 1 aromatic rings. The summed E-state index contributed by atoms with van der Waals surface area (Å²) in [7, 11) is 0. The van der Waals surface area contributed by atoms with E-state index >= 15 is 0 Å². The second-order valence-electron chi connectivity index (χ2n) is 4.14. The number of hydrogen-bond donors (Lipinski definition) is 1. The number of aliphatic hydroxyl groups is 1. The normalized spacial score (nSPS) is 22.5. The molecule has 1 fully saturated rings. The van der Waals surface area contributed by atoms with Gasteiger partial charge in [-0.1, -0.05) is 30.3 Å². The average Bonchev–Trinajstić information content (AvgIpc) is 2.40. The maximum absolute atomic E-state index is 12.1. The van der Waals surface area contributed by atoms with Crippen molar-refractivity contribution in [3.05, 3.63) is 35.9 Å². The van der Waals surface area contributed by atoms with E-state index in [1.54, 1.807) is 30.3 Å². The Labute approximate surface area is 104 Å². The van der Waals surface area contributed by atoms with Gasteiger partial charge in [0.25, 0.3) is 0 Å². The second kappa shape index (κ2) is 5.10. The van der Waals surface area contributed by atoms with E-state index in [2.05, 4.69) is 0 Å². The minimum Gasteiger partial charge on any atom is -0.396 e. The fourth-order valence-electron chi connectivity index (χ4n) is 2.20. The third kappa shape index (κ3) is 1.93. The lowest BCUT2D eigenvalue weighted by atomic mass is 9.80. The van der Waals surface area contributed by atoms with Crippen LogP contribution in [0.1, 0.15) is 16.8 Å². The first kappa shape index (κ1) is 12.4. The van der Waals surface area contributed by atoms with Gasteiger partial charge in [-0.25, -0.2) is 0 Å². The molecular formula is C13H13NO4. The number of rotatable bonds is 5. The van der Waals surface area contributed by atoms with Gasteiger partial charge >= 0.3 is 0 Å². The highest BCUT2D eigenvalue weighted by atomic mass is 16.3. The summed E-state index contributed by atoms with van der Waals surface area (Å²) in [5.41, 5.74) is 0.448. The first-order valence-corrected chi connectivity index (χ1v) is 5.68. The minimum atomic E-state index is -0.843. The molecular weight excluding hydrogens is 234 g/mol. The fourth-order valence-corrected chi connectivity index (χ4v) is 2.20. The first-order chi connectivity index (χ1) is 8.70. The Hall–Kier alpha value is -2.01. The van der Waals surface area contributed by atoms with Crippen LogP contribution in [-0.2, 0) is 9.59 Å². The van der Waals surface area contributed by atoms with Crippen molar-refractivity contribution < 1.29 is 19.5 Å². The lowest BCUT2D eigenvalue weighted by Gasteiger charge is -2.42. The van der Waals surface area contributed by atoms with Gasteiger partial charge in [0, 0.05) is 12.2 Å². The monoisotopic (exact) mass is 247 g/mol. The molecule has 18 heavy (non-hydrogen) atoms. The van der Waals surface area contributed by atoms with Crippen molar-refractivity contribution in [3.8, 4) is 0 Å². The topological polar surface area (TPSA) is 74.7 Å². The molecule has 1 saturated heterocycles. The average molecular weight is 247 g/mol. The SMILES string of the molecule is O=CN1C(=O)[C@H](C(=O)c2ccccc2)[C@H]1CCO. The van der Waals surface area contributed by atoms with E-state index in [4.69, 9.17) is 5.11 Å². The predicted molar refractivity (Wildman–Crippen MR) is 62.7 cm³/mol. The van der Waals surface area contributed by atoms with Crippen LogP contribution in [0.2, 0.25) is 0 Å². The Morgan fingerprint density at radius 1 is 1.33 bits per heavy atom. The van der Waals surface area contributed by atoms with Crippen molar-refractivity contribution in [3.63, 3.8) is 0 Å². The molecule has 2 atom stereocenters. The number of amides is 2. The van der Waals surface area contributed by atoms with E-state index in [0.717, 1.165) is 4.90 Å². The van der Waals surface area contributed by atoms with Crippen molar-refractivity contribution in [2.45, 2.75) is 12.5 Å². The van der Waals surface area contributed by atoms with E-state index < -0.39 is 17.9 Å². The smallest absolute Gasteiger partial charge is 0.242 e. The van der Waals surface area contributed by atoms with E-state index in [1.807, 2.05) is 0 Å². The highest BCUT2D eigenvalue weighted by molar-refractivity contribution is 6.16. The van der Waals surface area contributed by atoms with Crippen molar-refractivity contribution in [1.29, 1.82) is 0 Å². The molecule has 1 aromatic carbocycles. The van der Waals surface area contributed by atoms with Crippen molar-refractivity contribution in [2.75, 3.05) is 6.61 Å². The number of benzene rings is 1. The van der Waals surface area contributed by atoms with E-state index in [-0.39, 0.29) is 18.8 Å². The highest BCUT2D eigenvalue weighted by Gasteiger charge is 2.50. The van der Waals surface area contributed by atoms with Crippen molar-refractivity contribution in [1.82, 2.24) is 4.90 Å². The van der Waals surface area contributed by atoms with Gasteiger partial charge in [-0.05, 0) is 6.42 Å². The maximum Gasteiger partial charge on any atom is 0.242 e. The van der Waals surface area contributed by atoms with Crippen LogP contribution < -0.4 is 0 Å². The zero-order valence-corrected chi connectivity index (χ0v) is 9.65. The van der Waals surface area contributed by atoms with Gasteiger partial charge in [-0.15, -0.1) is 0 Å². The number of ketones is 1. The molecule has 1 aliphatic heterocycles. The Morgan fingerprint density at radius 2 is 2.00 bits per heavy atom. The van der Waals surface area contributed by atoms with Crippen LogP contribution in [0.25, 0.3) is 0 Å². The maximum atomic E-state index is 12.1. The molecule has 5 heteroatoms. The summed E-state index contributed by atoms with van der Waals surface area (Å²) >= 11 is 0. The van der Waals surface area contributed by atoms with Gasteiger partial charge < -0.3 is 5.11 Å². The summed E-state index contributed by atoms with van der Waals surface area (Å²) in [6.07, 6.45) is 0.644. The molecule has 0 aromatic heterocycles. The number of Topliss-reactive ketones (excluding diaryl/α,β-unsaturated/α-hetero) is 1. The van der Waals surface area contributed by atoms with Crippen molar-refractivity contribution >= 4 is 18.1 Å². The van der Waals surface area contributed by atoms with Crippen LogP contribution in [-0.4, -0.2) is 40.8 Å². The Kier molecular flexibility index (Phi) is 3.53.